The molecule has 0 unspecified atom stereocenters. The summed E-state index contributed by atoms with van der Waals surface area (Å²) in [6.07, 6.45) is 2.94. The van der Waals surface area contributed by atoms with Crippen LogP contribution < -0.4 is 4.74 Å². The number of benzene rings is 4. The maximum atomic E-state index is 6.81. The highest BCUT2D eigenvalue weighted by Crippen LogP contribution is 2.39. The third kappa shape index (κ3) is 6.53. The van der Waals surface area contributed by atoms with E-state index in [0.717, 1.165) is 51.8 Å². The van der Waals surface area contributed by atoms with Crippen molar-refractivity contribution < 1.29 is 4.74 Å². The lowest BCUT2D eigenvalue weighted by Gasteiger charge is -2.22. The van der Waals surface area contributed by atoms with Crippen molar-refractivity contribution in [2.45, 2.75) is 93.9 Å². The Balaban J connectivity index is 1.33. The zero-order chi connectivity index (χ0) is 37.1. The van der Waals surface area contributed by atoms with Gasteiger partial charge in [0, 0.05) is 40.4 Å². The summed E-state index contributed by atoms with van der Waals surface area (Å²) in [5.74, 6) is 3.52. The van der Waals surface area contributed by atoms with Gasteiger partial charge in [-0.1, -0.05) is 78.8 Å². The topological polar surface area (TPSA) is 44.9 Å². The van der Waals surface area contributed by atoms with E-state index in [1.807, 2.05) is 6.20 Å². The minimum absolute atomic E-state index is 0.101. The first-order chi connectivity index (χ1) is 24.7. The van der Waals surface area contributed by atoms with E-state index in [4.69, 9.17) is 14.8 Å². The lowest BCUT2D eigenvalue weighted by atomic mass is 9.86. The average Bonchev–Trinajstić information content (AvgIpc) is 3.56. The molecule has 5 heteroatoms. The van der Waals surface area contributed by atoms with Crippen LogP contribution in [0.15, 0.2) is 91.1 Å². The predicted octanol–water partition coefficient (Wildman–Crippen LogP) is 12.7. The van der Waals surface area contributed by atoms with Crippen LogP contribution in [0.4, 0.5) is 0 Å². The van der Waals surface area contributed by atoms with Gasteiger partial charge in [-0.25, -0.2) is 9.67 Å². The van der Waals surface area contributed by atoms with Gasteiger partial charge < -0.3 is 4.74 Å². The van der Waals surface area contributed by atoms with Crippen molar-refractivity contribution in [3.63, 3.8) is 0 Å². The molecule has 0 aliphatic rings. The van der Waals surface area contributed by atoms with Crippen LogP contribution >= 0.6 is 0 Å². The van der Waals surface area contributed by atoms with Gasteiger partial charge in [-0.3, -0.25) is 4.57 Å². The Bertz CT molecular complexity index is 2430. The van der Waals surface area contributed by atoms with Crippen LogP contribution in [0.3, 0.4) is 0 Å². The molecule has 3 aromatic heterocycles. The van der Waals surface area contributed by atoms with E-state index in [2.05, 4.69) is 170 Å². The van der Waals surface area contributed by atoms with Gasteiger partial charge in [0.25, 0.3) is 0 Å². The summed E-state index contributed by atoms with van der Waals surface area (Å²) in [6, 6.07) is 30.6. The van der Waals surface area contributed by atoms with Gasteiger partial charge in [0.05, 0.1) is 22.4 Å². The number of aryl methyl sites for hydroxylation is 3. The lowest BCUT2D eigenvalue weighted by Crippen LogP contribution is -2.12. The smallest absolute Gasteiger partial charge is 0.137 e. The first kappa shape index (κ1) is 35.3. The van der Waals surface area contributed by atoms with Crippen molar-refractivity contribution in [1.82, 2.24) is 19.3 Å². The Hall–Kier alpha value is -5.16. The van der Waals surface area contributed by atoms with Crippen molar-refractivity contribution in [3.05, 3.63) is 130 Å². The number of pyridine rings is 1. The minimum Gasteiger partial charge on any atom is -0.457 e. The number of para-hydroxylation sites is 1. The van der Waals surface area contributed by atoms with Crippen LogP contribution in [0.5, 0.6) is 11.5 Å². The fourth-order valence-electron chi connectivity index (χ4n) is 7.76. The standard InChI is InChI=1S/C47H52N4O/c1-28(2)20-34-18-19-48-44(23-34)50-42-15-13-12-14-40(42)41-17-16-38(27-43(41)50)52-39-25-36(47(9,10)11)24-37(26-39)51-33(8)46(32(7)49-51)45-30(5)21-35(29(3)4)22-31(45)6/h12-19,21-29H,20H2,1-11H3. The Labute approximate surface area is 309 Å². The number of aromatic nitrogens is 4. The predicted molar refractivity (Wildman–Crippen MR) is 218 cm³/mol. The van der Waals surface area contributed by atoms with Crippen molar-refractivity contribution >= 4 is 21.8 Å². The molecule has 4 aromatic carbocycles. The molecule has 52 heavy (non-hydrogen) atoms. The third-order valence-corrected chi connectivity index (χ3v) is 10.3. The molecule has 0 atom stereocenters. The van der Waals surface area contributed by atoms with E-state index >= 15 is 0 Å². The zero-order valence-electron chi connectivity index (χ0n) is 32.7. The summed E-state index contributed by atoms with van der Waals surface area (Å²) < 4.78 is 11.2. The number of hydrogen-bond donors (Lipinski definition) is 0. The molecular weight excluding hydrogens is 637 g/mol. The second kappa shape index (κ2) is 13.4. The van der Waals surface area contributed by atoms with E-state index in [-0.39, 0.29) is 5.41 Å². The highest BCUT2D eigenvalue weighted by Gasteiger charge is 2.23. The summed E-state index contributed by atoms with van der Waals surface area (Å²) in [5, 5.41) is 7.52. The molecule has 0 bridgehead atoms. The Kier molecular flexibility index (Phi) is 9.10. The van der Waals surface area contributed by atoms with Crippen LogP contribution in [0.2, 0.25) is 0 Å². The van der Waals surface area contributed by atoms with Crippen molar-refractivity contribution in [1.29, 1.82) is 0 Å². The third-order valence-electron chi connectivity index (χ3n) is 10.3. The molecule has 0 radical (unpaired) electrons. The van der Waals surface area contributed by atoms with Gasteiger partial charge in [0.2, 0.25) is 0 Å². The fourth-order valence-corrected chi connectivity index (χ4v) is 7.76. The highest BCUT2D eigenvalue weighted by atomic mass is 16.5. The Morgan fingerprint density at radius 3 is 2.12 bits per heavy atom. The molecular formula is C47H52N4O. The van der Waals surface area contributed by atoms with E-state index in [9.17, 15) is 0 Å². The second-order valence-corrected chi connectivity index (χ2v) is 16.4. The van der Waals surface area contributed by atoms with Crippen LogP contribution in [0.25, 0.3) is 44.4 Å². The number of hydrogen-bond acceptors (Lipinski definition) is 3. The molecule has 266 valence electrons. The molecule has 3 heterocycles. The van der Waals surface area contributed by atoms with Gasteiger partial charge in [0.15, 0.2) is 0 Å². The zero-order valence-corrected chi connectivity index (χ0v) is 32.7. The number of nitrogens with zero attached hydrogens (tertiary/aromatic N) is 4. The van der Waals surface area contributed by atoms with Gasteiger partial charge in [-0.15, -0.1) is 0 Å². The highest BCUT2D eigenvalue weighted by molar-refractivity contribution is 6.09. The molecule has 0 aliphatic carbocycles. The Morgan fingerprint density at radius 1 is 0.712 bits per heavy atom. The quantitative estimate of drug-likeness (QED) is 0.160. The molecule has 0 N–H and O–H groups in total. The second-order valence-electron chi connectivity index (χ2n) is 16.4. The van der Waals surface area contributed by atoms with Crippen molar-refractivity contribution in [2.75, 3.05) is 0 Å². The number of fused-ring (bicyclic) bond motifs is 3. The number of ether oxygens (including phenoxy) is 1. The molecule has 0 aliphatic heterocycles. The van der Waals surface area contributed by atoms with Crippen molar-refractivity contribution in [3.8, 4) is 34.1 Å². The summed E-state index contributed by atoms with van der Waals surface area (Å²) in [7, 11) is 0. The molecule has 7 rings (SSSR count). The normalized spacial score (nSPS) is 12.2. The van der Waals surface area contributed by atoms with Crippen LogP contribution in [-0.4, -0.2) is 19.3 Å². The molecule has 0 saturated carbocycles. The van der Waals surface area contributed by atoms with Crippen LogP contribution in [0, 0.1) is 33.6 Å². The van der Waals surface area contributed by atoms with E-state index in [0.29, 0.717) is 11.8 Å². The van der Waals surface area contributed by atoms with E-state index in [1.165, 1.54) is 49.7 Å². The molecule has 0 spiro atoms. The number of rotatable bonds is 8. The monoisotopic (exact) mass is 688 g/mol. The van der Waals surface area contributed by atoms with Crippen molar-refractivity contribution in [2.24, 2.45) is 5.92 Å². The summed E-state index contributed by atoms with van der Waals surface area (Å²) >= 11 is 0. The summed E-state index contributed by atoms with van der Waals surface area (Å²) in [4.78, 5) is 4.86. The minimum atomic E-state index is -0.101. The first-order valence-electron chi connectivity index (χ1n) is 18.7. The van der Waals surface area contributed by atoms with E-state index in [1.54, 1.807) is 0 Å². The first-order valence-corrected chi connectivity index (χ1v) is 18.7. The lowest BCUT2D eigenvalue weighted by molar-refractivity contribution is 0.478. The molecule has 0 saturated heterocycles. The molecule has 0 amide bonds. The van der Waals surface area contributed by atoms with Gasteiger partial charge in [-0.2, -0.15) is 5.10 Å². The molecule has 7 aromatic rings. The average molecular weight is 689 g/mol. The van der Waals surface area contributed by atoms with Crippen LogP contribution in [0.1, 0.15) is 93.6 Å². The van der Waals surface area contributed by atoms with E-state index < -0.39 is 0 Å². The molecule has 0 fully saturated rings. The van der Waals surface area contributed by atoms with Gasteiger partial charge in [0.1, 0.15) is 17.3 Å². The Morgan fingerprint density at radius 2 is 1.42 bits per heavy atom. The maximum absolute atomic E-state index is 6.81. The van der Waals surface area contributed by atoms with Crippen LogP contribution in [-0.2, 0) is 11.8 Å². The van der Waals surface area contributed by atoms with Gasteiger partial charge in [-0.05, 0) is 127 Å². The largest absolute Gasteiger partial charge is 0.457 e. The summed E-state index contributed by atoms with van der Waals surface area (Å²) in [5.41, 5.74) is 14.1. The van der Waals surface area contributed by atoms with Gasteiger partial charge >= 0.3 is 0 Å². The SMILES string of the molecule is Cc1cc(C(C)C)cc(C)c1-c1c(C)nn(-c2cc(Oc3ccc4c5ccccc5n(-c5cc(CC(C)C)ccn5)c4c3)cc(C(C)(C)C)c2)c1C. The maximum Gasteiger partial charge on any atom is 0.137 e. The molecule has 5 nitrogen and oxygen atoms in total. The summed E-state index contributed by atoms with van der Waals surface area (Å²) in [6.45, 7) is 24.5. The fraction of sp³-hybridized carbons (Fsp3) is 0.319.